The largest absolute Gasteiger partial charge is 0.326 e. The van der Waals surface area contributed by atoms with Crippen LogP contribution in [0.3, 0.4) is 0 Å². The zero-order valence-corrected chi connectivity index (χ0v) is 9.83. The molecule has 12 heavy (non-hydrogen) atoms. The van der Waals surface area contributed by atoms with Crippen LogP contribution in [-0.4, -0.2) is 0 Å². The molecule has 0 bridgehead atoms. The van der Waals surface area contributed by atoms with Gasteiger partial charge in [0.05, 0.1) is 3.79 Å². The molecular weight excluding hydrogens is 234 g/mol. The smallest absolute Gasteiger partial charge is 0.0733 e. The number of nitrogens with two attached hydrogens (primary N) is 1. The lowest BCUT2D eigenvalue weighted by Crippen LogP contribution is -1.94. The van der Waals surface area contributed by atoms with Gasteiger partial charge in [-0.15, -0.1) is 11.3 Å². The van der Waals surface area contributed by atoms with Crippen LogP contribution in [0.25, 0.3) is 0 Å². The molecule has 1 aromatic heterocycles. The molecule has 0 unspecified atom stereocenters. The summed E-state index contributed by atoms with van der Waals surface area (Å²) >= 11 is 5.30. The molecule has 1 rings (SSSR count). The lowest BCUT2D eigenvalue weighted by Gasteiger charge is -2.01. The van der Waals surface area contributed by atoms with E-state index in [1.165, 1.54) is 14.2 Å². The second-order valence-corrected chi connectivity index (χ2v) is 5.77. The molecule has 1 nitrogen and oxygen atoms in total. The molecule has 0 saturated heterocycles. The lowest BCUT2D eigenvalue weighted by atomic mass is 10.1. The number of hydrogen-bond acceptors (Lipinski definition) is 2. The van der Waals surface area contributed by atoms with Gasteiger partial charge in [-0.1, -0.05) is 13.8 Å². The molecule has 0 amide bonds. The van der Waals surface area contributed by atoms with Crippen LogP contribution in [0, 0.1) is 5.92 Å². The molecular formula is C9H14BrNS. The van der Waals surface area contributed by atoms with Crippen molar-refractivity contribution in [1.29, 1.82) is 0 Å². The fourth-order valence-corrected chi connectivity index (χ4v) is 2.83. The fourth-order valence-electron chi connectivity index (χ4n) is 1.14. The highest BCUT2D eigenvalue weighted by Crippen LogP contribution is 2.29. The van der Waals surface area contributed by atoms with Crippen LogP contribution in [0.2, 0.25) is 0 Å². The Labute approximate surface area is 86.1 Å². The first kappa shape index (κ1) is 10.2. The Morgan fingerprint density at radius 2 is 2.25 bits per heavy atom. The molecule has 68 valence electrons. The highest BCUT2D eigenvalue weighted by molar-refractivity contribution is 9.11. The van der Waals surface area contributed by atoms with Gasteiger partial charge in [-0.25, -0.2) is 0 Å². The minimum atomic E-state index is 0.654. The Morgan fingerprint density at radius 1 is 1.58 bits per heavy atom. The van der Waals surface area contributed by atoms with Crippen molar-refractivity contribution in [3.63, 3.8) is 0 Å². The van der Waals surface area contributed by atoms with Gasteiger partial charge >= 0.3 is 0 Å². The van der Waals surface area contributed by atoms with E-state index in [4.69, 9.17) is 5.73 Å². The Morgan fingerprint density at radius 3 is 2.67 bits per heavy atom. The van der Waals surface area contributed by atoms with Crippen LogP contribution in [0.4, 0.5) is 0 Å². The van der Waals surface area contributed by atoms with E-state index in [0.717, 1.165) is 6.42 Å². The molecule has 1 aromatic rings. The molecule has 0 aliphatic carbocycles. The molecule has 0 radical (unpaired) electrons. The molecule has 0 atom stereocenters. The number of rotatable bonds is 3. The maximum Gasteiger partial charge on any atom is 0.0733 e. The molecule has 3 heteroatoms. The van der Waals surface area contributed by atoms with E-state index in [1.807, 2.05) is 0 Å². The Hall–Kier alpha value is 0.140. The maximum atomic E-state index is 5.55. The van der Waals surface area contributed by atoms with Gasteiger partial charge in [0.2, 0.25) is 0 Å². The van der Waals surface area contributed by atoms with Crippen LogP contribution in [-0.2, 0) is 13.0 Å². The average Bonchev–Trinajstić information content (AvgIpc) is 2.31. The second kappa shape index (κ2) is 4.40. The standard InChI is InChI=1S/C9H14BrNS/c1-6(2)3-7-4-8(5-11)12-9(7)10/h4,6H,3,5,11H2,1-2H3. The van der Waals surface area contributed by atoms with E-state index >= 15 is 0 Å². The van der Waals surface area contributed by atoms with Crippen LogP contribution >= 0.6 is 27.3 Å². The molecule has 0 aliphatic rings. The van der Waals surface area contributed by atoms with Crippen LogP contribution in [0.1, 0.15) is 24.3 Å². The van der Waals surface area contributed by atoms with Gasteiger partial charge in [-0.3, -0.25) is 0 Å². The van der Waals surface area contributed by atoms with Crippen molar-refractivity contribution < 1.29 is 0 Å². The SMILES string of the molecule is CC(C)Cc1cc(CN)sc1Br. The summed E-state index contributed by atoms with van der Waals surface area (Å²) in [5, 5.41) is 0. The predicted molar refractivity (Wildman–Crippen MR) is 58.5 cm³/mol. The number of hydrogen-bond donors (Lipinski definition) is 1. The van der Waals surface area contributed by atoms with Crippen molar-refractivity contribution in [2.24, 2.45) is 11.7 Å². The lowest BCUT2D eigenvalue weighted by molar-refractivity contribution is 0.647. The van der Waals surface area contributed by atoms with Gasteiger partial charge in [0, 0.05) is 11.4 Å². The molecule has 1 heterocycles. The van der Waals surface area contributed by atoms with Gasteiger partial charge in [-0.2, -0.15) is 0 Å². The highest BCUT2D eigenvalue weighted by atomic mass is 79.9. The van der Waals surface area contributed by atoms with Crippen molar-refractivity contribution in [1.82, 2.24) is 0 Å². The van der Waals surface area contributed by atoms with Gasteiger partial charge in [0.15, 0.2) is 0 Å². The number of thiophene rings is 1. The van der Waals surface area contributed by atoms with E-state index in [1.54, 1.807) is 11.3 Å². The average molecular weight is 248 g/mol. The van der Waals surface area contributed by atoms with Crippen molar-refractivity contribution in [2.75, 3.05) is 0 Å². The summed E-state index contributed by atoms with van der Waals surface area (Å²) in [6.07, 6.45) is 1.14. The van der Waals surface area contributed by atoms with Gasteiger partial charge in [0.25, 0.3) is 0 Å². The molecule has 2 N–H and O–H groups in total. The fraction of sp³-hybridized carbons (Fsp3) is 0.556. The topological polar surface area (TPSA) is 26.0 Å². The Bertz CT molecular complexity index is 255. The molecule has 0 aliphatic heterocycles. The zero-order valence-electron chi connectivity index (χ0n) is 7.43. The minimum Gasteiger partial charge on any atom is -0.326 e. The Balaban J connectivity index is 2.77. The van der Waals surface area contributed by atoms with E-state index in [0.29, 0.717) is 12.5 Å². The summed E-state index contributed by atoms with van der Waals surface area (Å²) in [7, 11) is 0. The summed E-state index contributed by atoms with van der Waals surface area (Å²) in [5.74, 6) is 0.710. The summed E-state index contributed by atoms with van der Waals surface area (Å²) in [6.45, 7) is 5.11. The third-order valence-corrected chi connectivity index (χ3v) is 3.62. The molecule has 0 saturated carbocycles. The monoisotopic (exact) mass is 247 g/mol. The quantitative estimate of drug-likeness (QED) is 0.873. The first-order chi connectivity index (χ1) is 5.63. The summed E-state index contributed by atoms with van der Waals surface area (Å²) in [4.78, 5) is 1.26. The zero-order chi connectivity index (χ0) is 9.14. The van der Waals surface area contributed by atoms with Crippen molar-refractivity contribution in [3.8, 4) is 0 Å². The third-order valence-electron chi connectivity index (χ3n) is 1.64. The minimum absolute atomic E-state index is 0.654. The first-order valence-electron chi connectivity index (χ1n) is 4.10. The van der Waals surface area contributed by atoms with E-state index in [-0.39, 0.29) is 0 Å². The van der Waals surface area contributed by atoms with Crippen molar-refractivity contribution in [2.45, 2.75) is 26.8 Å². The van der Waals surface area contributed by atoms with Crippen molar-refractivity contribution in [3.05, 3.63) is 20.3 Å². The van der Waals surface area contributed by atoms with Gasteiger partial charge in [-0.05, 0) is 39.9 Å². The van der Waals surface area contributed by atoms with E-state index < -0.39 is 0 Å². The summed E-state index contributed by atoms with van der Waals surface area (Å²) < 4.78 is 1.25. The second-order valence-electron chi connectivity index (χ2n) is 3.31. The third kappa shape index (κ3) is 2.57. The molecule has 0 spiro atoms. The molecule has 0 fully saturated rings. The normalized spacial score (nSPS) is 11.1. The summed E-state index contributed by atoms with van der Waals surface area (Å²) in [6, 6.07) is 2.20. The van der Waals surface area contributed by atoms with Gasteiger partial charge < -0.3 is 5.73 Å². The van der Waals surface area contributed by atoms with Crippen LogP contribution in [0.5, 0.6) is 0 Å². The van der Waals surface area contributed by atoms with Crippen LogP contribution in [0.15, 0.2) is 9.85 Å². The summed E-state index contributed by atoms with van der Waals surface area (Å²) in [5.41, 5.74) is 6.95. The van der Waals surface area contributed by atoms with Crippen LogP contribution < -0.4 is 5.73 Å². The highest BCUT2D eigenvalue weighted by Gasteiger charge is 2.06. The number of halogens is 1. The molecule has 0 aromatic carbocycles. The van der Waals surface area contributed by atoms with E-state index in [2.05, 4.69) is 35.8 Å². The van der Waals surface area contributed by atoms with E-state index in [9.17, 15) is 0 Å². The van der Waals surface area contributed by atoms with Crippen molar-refractivity contribution >= 4 is 27.3 Å². The first-order valence-corrected chi connectivity index (χ1v) is 5.71. The Kier molecular flexibility index (Phi) is 3.75. The van der Waals surface area contributed by atoms with Gasteiger partial charge in [0.1, 0.15) is 0 Å². The maximum absolute atomic E-state index is 5.55. The predicted octanol–water partition coefficient (Wildman–Crippen LogP) is 3.17.